The molecule has 0 aliphatic heterocycles. The van der Waals surface area contributed by atoms with Crippen LogP contribution in [-0.4, -0.2) is 19.5 Å². The molecule has 3 heteroatoms. The highest BCUT2D eigenvalue weighted by Gasteiger charge is 2.03. The summed E-state index contributed by atoms with van der Waals surface area (Å²) in [7, 11) is 1.61. The molecule has 66 valence electrons. The van der Waals surface area contributed by atoms with Crippen LogP contribution in [0.5, 0.6) is 0 Å². The maximum atomic E-state index is 11.2. The Bertz CT molecular complexity index is 229. The number of rotatable bonds is 5. The second-order valence-electron chi connectivity index (χ2n) is 2.54. The maximum Gasteiger partial charge on any atom is 0.140 e. The first kappa shape index (κ1) is 9.42. The Labute approximate surface area is 76.2 Å². The van der Waals surface area contributed by atoms with E-state index in [0.717, 1.165) is 4.88 Å². The van der Waals surface area contributed by atoms with Crippen molar-refractivity contribution in [3.63, 3.8) is 0 Å². The number of carbonyl (C=O) groups is 1. The lowest BCUT2D eigenvalue weighted by atomic mass is 10.2. The number of hydrogen-bond donors (Lipinski definition) is 0. The standard InChI is InChI=1S/C9H12O2S/c1-11-5-4-8(10)7-9-3-2-6-12-9/h2-3,6H,4-5,7H2,1H3. The third-order valence-corrected chi connectivity index (χ3v) is 2.41. The van der Waals surface area contributed by atoms with E-state index in [1.807, 2.05) is 17.5 Å². The molecule has 0 spiro atoms. The first-order valence-corrected chi connectivity index (χ1v) is 4.74. The van der Waals surface area contributed by atoms with Crippen LogP contribution in [0.25, 0.3) is 0 Å². The maximum absolute atomic E-state index is 11.2. The molecule has 0 saturated carbocycles. The van der Waals surface area contributed by atoms with Gasteiger partial charge in [0, 0.05) is 24.8 Å². The lowest BCUT2D eigenvalue weighted by Gasteiger charge is -1.96. The van der Waals surface area contributed by atoms with Gasteiger partial charge in [0.1, 0.15) is 5.78 Å². The first-order chi connectivity index (χ1) is 5.83. The zero-order valence-corrected chi connectivity index (χ0v) is 7.89. The van der Waals surface area contributed by atoms with E-state index in [4.69, 9.17) is 4.74 Å². The van der Waals surface area contributed by atoms with E-state index in [1.54, 1.807) is 18.4 Å². The van der Waals surface area contributed by atoms with Gasteiger partial charge in [-0.15, -0.1) is 11.3 Å². The smallest absolute Gasteiger partial charge is 0.140 e. The van der Waals surface area contributed by atoms with Gasteiger partial charge in [0.05, 0.1) is 6.61 Å². The minimum Gasteiger partial charge on any atom is -0.384 e. The van der Waals surface area contributed by atoms with E-state index in [-0.39, 0.29) is 5.78 Å². The van der Waals surface area contributed by atoms with Gasteiger partial charge in [0.25, 0.3) is 0 Å². The average molecular weight is 184 g/mol. The predicted molar refractivity (Wildman–Crippen MR) is 49.5 cm³/mol. The van der Waals surface area contributed by atoms with Crippen molar-refractivity contribution in [3.05, 3.63) is 22.4 Å². The van der Waals surface area contributed by atoms with Crippen molar-refractivity contribution in [1.29, 1.82) is 0 Å². The van der Waals surface area contributed by atoms with Gasteiger partial charge < -0.3 is 4.74 Å². The topological polar surface area (TPSA) is 26.3 Å². The molecule has 0 fully saturated rings. The van der Waals surface area contributed by atoms with Crippen LogP contribution in [0.15, 0.2) is 17.5 Å². The van der Waals surface area contributed by atoms with E-state index in [0.29, 0.717) is 19.4 Å². The van der Waals surface area contributed by atoms with Crippen molar-refractivity contribution >= 4 is 17.1 Å². The summed E-state index contributed by atoms with van der Waals surface area (Å²) in [6.45, 7) is 0.532. The average Bonchev–Trinajstić information content (AvgIpc) is 2.53. The van der Waals surface area contributed by atoms with Crippen LogP contribution in [0.1, 0.15) is 11.3 Å². The van der Waals surface area contributed by atoms with Crippen LogP contribution in [0.4, 0.5) is 0 Å². The molecule has 0 aromatic carbocycles. The minimum atomic E-state index is 0.249. The number of methoxy groups -OCH3 is 1. The van der Waals surface area contributed by atoms with Gasteiger partial charge in [0.15, 0.2) is 0 Å². The summed E-state index contributed by atoms with van der Waals surface area (Å²) in [4.78, 5) is 12.3. The summed E-state index contributed by atoms with van der Waals surface area (Å²) in [6.07, 6.45) is 1.08. The summed E-state index contributed by atoms with van der Waals surface area (Å²) in [5.74, 6) is 0.249. The fraction of sp³-hybridized carbons (Fsp3) is 0.444. The van der Waals surface area contributed by atoms with E-state index < -0.39 is 0 Å². The predicted octanol–water partition coefficient (Wildman–Crippen LogP) is 1.90. The monoisotopic (exact) mass is 184 g/mol. The highest BCUT2D eigenvalue weighted by molar-refractivity contribution is 7.10. The number of carbonyl (C=O) groups excluding carboxylic acids is 1. The molecule has 0 radical (unpaired) electrons. The molecule has 0 aliphatic carbocycles. The molecule has 0 amide bonds. The first-order valence-electron chi connectivity index (χ1n) is 3.86. The fourth-order valence-corrected chi connectivity index (χ4v) is 1.65. The molecular formula is C9H12O2S. The molecule has 12 heavy (non-hydrogen) atoms. The van der Waals surface area contributed by atoms with Crippen LogP contribution < -0.4 is 0 Å². The molecule has 1 aromatic rings. The molecule has 1 rings (SSSR count). The van der Waals surface area contributed by atoms with Crippen molar-refractivity contribution in [3.8, 4) is 0 Å². The van der Waals surface area contributed by atoms with Gasteiger partial charge in [0.2, 0.25) is 0 Å². The number of thiophene rings is 1. The molecule has 0 atom stereocenters. The lowest BCUT2D eigenvalue weighted by molar-refractivity contribution is -0.119. The molecule has 1 heterocycles. The number of hydrogen-bond acceptors (Lipinski definition) is 3. The molecular weight excluding hydrogens is 172 g/mol. The fourth-order valence-electron chi connectivity index (χ4n) is 0.912. The van der Waals surface area contributed by atoms with Gasteiger partial charge >= 0.3 is 0 Å². The van der Waals surface area contributed by atoms with Crippen LogP contribution in [-0.2, 0) is 16.0 Å². The van der Waals surface area contributed by atoms with E-state index in [2.05, 4.69) is 0 Å². The van der Waals surface area contributed by atoms with Crippen molar-refractivity contribution in [2.75, 3.05) is 13.7 Å². The van der Waals surface area contributed by atoms with Crippen molar-refractivity contribution in [1.82, 2.24) is 0 Å². The third-order valence-electron chi connectivity index (χ3n) is 1.54. The Kier molecular flexibility index (Phi) is 3.97. The van der Waals surface area contributed by atoms with Crippen LogP contribution in [0.2, 0.25) is 0 Å². The summed E-state index contributed by atoms with van der Waals surface area (Å²) in [5, 5.41) is 1.99. The third kappa shape index (κ3) is 3.15. The SMILES string of the molecule is COCCC(=O)Cc1cccs1. The Hall–Kier alpha value is -0.670. The highest BCUT2D eigenvalue weighted by atomic mass is 32.1. The van der Waals surface area contributed by atoms with E-state index in [9.17, 15) is 4.79 Å². The van der Waals surface area contributed by atoms with E-state index in [1.165, 1.54) is 0 Å². The lowest BCUT2D eigenvalue weighted by Crippen LogP contribution is -2.04. The van der Waals surface area contributed by atoms with E-state index >= 15 is 0 Å². The Morgan fingerprint density at radius 3 is 3.08 bits per heavy atom. The number of Topliss-reactive ketones (excluding diaryl/α,β-unsaturated/α-hetero) is 1. The Morgan fingerprint density at radius 1 is 1.67 bits per heavy atom. The largest absolute Gasteiger partial charge is 0.384 e. The van der Waals surface area contributed by atoms with Gasteiger partial charge in [-0.2, -0.15) is 0 Å². The van der Waals surface area contributed by atoms with Gasteiger partial charge in [-0.3, -0.25) is 4.79 Å². The molecule has 0 aliphatic rings. The van der Waals surface area contributed by atoms with Gasteiger partial charge in [-0.05, 0) is 11.4 Å². The quantitative estimate of drug-likeness (QED) is 0.698. The van der Waals surface area contributed by atoms with Crippen molar-refractivity contribution in [2.24, 2.45) is 0 Å². The molecule has 1 aromatic heterocycles. The summed E-state index contributed by atoms with van der Waals surface area (Å²) in [5.41, 5.74) is 0. The normalized spacial score (nSPS) is 10.1. The van der Waals surface area contributed by atoms with Crippen LogP contribution in [0, 0.1) is 0 Å². The molecule has 0 N–H and O–H groups in total. The summed E-state index contributed by atoms with van der Waals surface area (Å²) < 4.78 is 4.81. The zero-order chi connectivity index (χ0) is 8.81. The zero-order valence-electron chi connectivity index (χ0n) is 7.08. The summed E-state index contributed by atoms with van der Waals surface area (Å²) >= 11 is 1.62. The van der Waals surface area contributed by atoms with Crippen LogP contribution >= 0.6 is 11.3 Å². The van der Waals surface area contributed by atoms with Gasteiger partial charge in [-0.25, -0.2) is 0 Å². The van der Waals surface area contributed by atoms with Crippen LogP contribution in [0.3, 0.4) is 0 Å². The molecule has 0 saturated heterocycles. The number of ether oxygens (including phenoxy) is 1. The Morgan fingerprint density at radius 2 is 2.50 bits per heavy atom. The van der Waals surface area contributed by atoms with Crippen molar-refractivity contribution in [2.45, 2.75) is 12.8 Å². The molecule has 2 nitrogen and oxygen atoms in total. The molecule has 0 unspecified atom stereocenters. The second-order valence-corrected chi connectivity index (χ2v) is 3.57. The van der Waals surface area contributed by atoms with Crippen molar-refractivity contribution < 1.29 is 9.53 Å². The second kappa shape index (κ2) is 5.06. The van der Waals surface area contributed by atoms with Gasteiger partial charge in [-0.1, -0.05) is 6.07 Å². The number of ketones is 1. The Balaban J connectivity index is 2.27. The highest BCUT2D eigenvalue weighted by Crippen LogP contribution is 2.09. The minimum absolute atomic E-state index is 0.249. The summed E-state index contributed by atoms with van der Waals surface area (Å²) in [6, 6.07) is 3.94. The molecule has 0 bridgehead atoms.